The van der Waals surface area contributed by atoms with Gasteiger partial charge in [0.25, 0.3) is 5.56 Å². The molecule has 2 heterocycles. The predicted molar refractivity (Wildman–Crippen MR) is 125 cm³/mol. The fourth-order valence-electron chi connectivity index (χ4n) is 3.58. The molecular formula is C23H22BrN5O2. The molecule has 0 fully saturated rings. The number of fused-ring (bicyclic) bond motifs is 1. The SMILES string of the molecule is Cc1cc(C)cc(-n2nc(C)cc2NC(=O)CCn2cnc3ccc(Br)cc3c2=O)c1. The lowest BCUT2D eigenvalue weighted by Gasteiger charge is -2.11. The van der Waals surface area contributed by atoms with E-state index in [1.165, 1.54) is 10.9 Å². The van der Waals surface area contributed by atoms with Crippen molar-refractivity contribution < 1.29 is 4.79 Å². The Morgan fingerprint density at radius 1 is 1.06 bits per heavy atom. The van der Waals surface area contributed by atoms with Crippen LogP contribution < -0.4 is 10.9 Å². The molecule has 0 aliphatic heterocycles. The van der Waals surface area contributed by atoms with Crippen LogP contribution in [0.4, 0.5) is 5.82 Å². The summed E-state index contributed by atoms with van der Waals surface area (Å²) in [6.07, 6.45) is 1.62. The number of amides is 1. The van der Waals surface area contributed by atoms with Gasteiger partial charge in [-0.3, -0.25) is 14.2 Å². The summed E-state index contributed by atoms with van der Waals surface area (Å²) < 4.78 is 4.00. The van der Waals surface area contributed by atoms with Gasteiger partial charge in [0.2, 0.25) is 5.91 Å². The van der Waals surface area contributed by atoms with E-state index in [-0.39, 0.29) is 24.4 Å². The van der Waals surface area contributed by atoms with Crippen LogP contribution in [-0.2, 0) is 11.3 Å². The molecular weight excluding hydrogens is 458 g/mol. The summed E-state index contributed by atoms with van der Waals surface area (Å²) >= 11 is 3.38. The van der Waals surface area contributed by atoms with Crippen LogP contribution in [0.15, 0.2) is 58.1 Å². The molecule has 0 spiro atoms. The van der Waals surface area contributed by atoms with E-state index in [0.717, 1.165) is 27.0 Å². The van der Waals surface area contributed by atoms with Gasteiger partial charge in [-0.1, -0.05) is 22.0 Å². The van der Waals surface area contributed by atoms with Gasteiger partial charge in [0.05, 0.1) is 28.6 Å². The highest BCUT2D eigenvalue weighted by Gasteiger charge is 2.13. The molecule has 0 aliphatic carbocycles. The summed E-state index contributed by atoms with van der Waals surface area (Å²) in [4.78, 5) is 29.7. The molecule has 1 N–H and O–H groups in total. The molecule has 158 valence electrons. The Hall–Kier alpha value is -3.26. The van der Waals surface area contributed by atoms with Crippen molar-refractivity contribution in [3.05, 3.63) is 80.4 Å². The highest BCUT2D eigenvalue weighted by atomic mass is 79.9. The summed E-state index contributed by atoms with van der Waals surface area (Å²) in [5.74, 6) is 0.396. The van der Waals surface area contributed by atoms with Crippen LogP contribution in [0.3, 0.4) is 0 Å². The van der Waals surface area contributed by atoms with Crippen LogP contribution in [-0.4, -0.2) is 25.2 Å². The highest BCUT2D eigenvalue weighted by molar-refractivity contribution is 9.10. The number of carbonyl (C=O) groups is 1. The van der Waals surface area contributed by atoms with E-state index in [0.29, 0.717) is 16.7 Å². The Labute approximate surface area is 187 Å². The number of benzene rings is 2. The van der Waals surface area contributed by atoms with Crippen LogP contribution in [0.1, 0.15) is 23.2 Å². The molecule has 4 rings (SSSR count). The average molecular weight is 480 g/mol. The lowest BCUT2D eigenvalue weighted by atomic mass is 10.1. The number of nitrogens with zero attached hydrogens (tertiary/aromatic N) is 4. The maximum atomic E-state index is 12.7. The second-order valence-electron chi connectivity index (χ2n) is 7.63. The third-order valence-electron chi connectivity index (χ3n) is 4.92. The Morgan fingerprint density at radius 3 is 2.55 bits per heavy atom. The number of hydrogen-bond donors (Lipinski definition) is 1. The molecule has 0 atom stereocenters. The number of rotatable bonds is 5. The van der Waals surface area contributed by atoms with Gasteiger partial charge in [0, 0.05) is 23.5 Å². The van der Waals surface area contributed by atoms with Crippen molar-refractivity contribution in [2.45, 2.75) is 33.7 Å². The molecule has 4 aromatic rings. The summed E-state index contributed by atoms with van der Waals surface area (Å²) in [6.45, 7) is 6.17. The molecule has 0 bridgehead atoms. The molecule has 0 saturated carbocycles. The standard InChI is InChI=1S/C23H22BrN5O2/c1-14-8-15(2)10-18(9-14)29-21(11-16(3)27-29)26-22(30)6-7-28-13-25-20-5-4-17(24)12-19(20)23(28)31/h4-5,8-13H,6-7H2,1-3H3,(H,26,30). The van der Waals surface area contributed by atoms with E-state index in [2.05, 4.69) is 37.4 Å². The lowest BCUT2D eigenvalue weighted by Crippen LogP contribution is -2.24. The fraction of sp³-hybridized carbons (Fsp3) is 0.217. The summed E-state index contributed by atoms with van der Waals surface area (Å²) in [7, 11) is 0. The molecule has 0 saturated heterocycles. The lowest BCUT2D eigenvalue weighted by molar-refractivity contribution is -0.116. The Kier molecular flexibility index (Phi) is 5.73. The number of aryl methyl sites for hydroxylation is 4. The first-order valence-electron chi connectivity index (χ1n) is 9.90. The van der Waals surface area contributed by atoms with Crippen molar-refractivity contribution in [3.63, 3.8) is 0 Å². The van der Waals surface area contributed by atoms with Crippen LogP contribution in [0, 0.1) is 20.8 Å². The average Bonchev–Trinajstić information content (AvgIpc) is 3.07. The normalized spacial score (nSPS) is 11.1. The first kappa shape index (κ1) is 21.0. The number of hydrogen-bond acceptors (Lipinski definition) is 4. The monoisotopic (exact) mass is 479 g/mol. The van der Waals surface area contributed by atoms with Crippen LogP contribution in [0.25, 0.3) is 16.6 Å². The first-order valence-corrected chi connectivity index (χ1v) is 10.7. The van der Waals surface area contributed by atoms with Gasteiger partial charge in [-0.25, -0.2) is 9.67 Å². The van der Waals surface area contributed by atoms with E-state index in [1.54, 1.807) is 16.8 Å². The molecule has 2 aromatic heterocycles. The number of anilines is 1. The van der Waals surface area contributed by atoms with Gasteiger partial charge >= 0.3 is 0 Å². The van der Waals surface area contributed by atoms with Crippen molar-refractivity contribution >= 4 is 38.6 Å². The first-order chi connectivity index (χ1) is 14.8. The van der Waals surface area contributed by atoms with Crippen molar-refractivity contribution in [3.8, 4) is 5.69 Å². The van der Waals surface area contributed by atoms with Crippen LogP contribution in [0.2, 0.25) is 0 Å². The predicted octanol–water partition coefficient (Wildman–Crippen LogP) is 4.30. The molecule has 7 nitrogen and oxygen atoms in total. The van der Waals surface area contributed by atoms with Gasteiger partial charge in [-0.15, -0.1) is 0 Å². The molecule has 8 heteroatoms. The van der Waals surface area contributed by atoms with E-state index >= 15 is 0 Å². The van der Waals surface area contributed by atoms with Crippen molar-refractivity contribution in [1.82, 2.24) is 19.3 Å². The number of carbonyl (C=O) groups excluding carboxylic acids is 1. The van der Waals surface area contributed by atoms with Gasteiger partial charge in [0.1, 0.15) is 5.82 Å². The molecule has 0 unspecified atom stereocenters. The van der Waals surface area contributed by atoms with E-state index < -0.39 is 0 Å². The zero-order valence-corrected chi connectivity index (χ0v) is 19.1. The van der Waals surface area contributed by atoms with E-state index in [1.807, 2.05) is 45.0 Å². The third-order valence-corrected chi connectivity index (χ3v) is 5.41. The summed E-state index contributed by atoms with van der Waals surface area (Å²) in [5, 5.41) is 7.96. The Balaban J connectivity index is 1.52. The fourth-order valence-corrected chi connectivity index (χ4v) is 3.94. The molecule has 0 radical (unpaired) electrons. The number of nitrogens with one attached hydrogen (secondary N) is 1. The quantitative estimate of drug-likeness (QED) is 0.462. The number of aromatic nitrogens is 4. The van der Waals surface area contributed by atoms with Crippen molar-refractivity contribution in [2.75, 3.05) is 5.32 Å². The summed E-state index contributed by atoms with van der Waals surface area (Å²) in [6, 6.07) is 13.3. The van der Waals surface area contributed by atoms with Crippen LogP contribution in [0.5, 0.6) is 0 Å². The van der Waals surface area contributed by atoms with Crippen molar-refractivity contribution in [2.24, 2.45) is 0 Å². The van der Waals surface area contributed by atoms with Gasteiger partial charge < -0.3 is 5.32 Å². The molecule has 1 amide bonds. The van der Waals surface area contributed by atoms with Crippen LogP contribution >= 0.6 is 15.9 Å². The number of halogens is 1. The second-order valence-corrected chi connectivity index (χ2v) is 8.55. The Bertz CT molecular complexity index is 1340. The molecule has 31 heavy (non-hydrogen) atoms. The topological polar surface area (TPSA) is 81.8 Å². The van der Waals surface area contributed by atoms with E-state index in [9.17, 15) is 9.59 Å². The van der Waals surface area contributed by atoms with E-state index in [4.69, 9.17) is 0 Å². The highest BCUT2D eigenvalue weighted by Crippen LogP contribution is 2.20. The zero-order chi connectivity index (χ0) is 22.1. The van der Waals surface area contributed by atoms with Crippen molar-refractivity contribution in [1.29, 1.82) is 0 Å². The second kappa shape index (κ2) is 8.47. The minimum absolute atomic E-state index is 0.137. The molecule has 2 aromatic carbocycles. The van der Waals surface area contributed by atoms with Gasteiger partial charge in [-0.05, 0) is 62.2 Å². The minimum Gasteiger partial charge on any atom is -0.311 e. The van der Waals surface area contributed by atoms with Gasteiger partial charge in [0.15, 0.2) is 0 Å². The third kappa shape index (κ3) is 4.59. The van der Waals surface area contributed by atoms with Gasteiger partial charge in [-0.2, -0.15) is 5.10 Å². The maximum absolute atomic E-state index is 12.7. The summed E-state index contributed by atoms with van der Waals surface area (Å²) in [5.41, 5.74) is 4.39. The maximum Gasteiger partial charge on any atom is 0.261 e. The minimum atomic E-state index is -0.202. The molecule has 0 aliphatic rings. The largest absolute Gasteiger partial charge is 0.311 e. The smallest absolute Gasteiger partial charge is 0.261 e. The Morgan fingerprint density at radius 2 is 1.81 bits per heavy atom. The zero-order valence-electron chi connectivity index (χ0n) is 17.5.